The predicted octanol–water partition coefficient (Wildman–Crippen LogP) is 0.0183. The Hall–Kier alpha value is -1.01. The largest absolute Gasteiger partial charge is 0.469 e. The molecule has 12 heavy (non-hydrogen) atoms. The molecule has 1 heterocycles. The molecule has 0 bridgehead atoms. The number of rotatable bonds is 3. The van der Waals surface area contributed by atoms with Crippen molar-refractivity contribution < 1.29 is 9.53 Å². The highest BCUT2D eigenvalue weighted by molar-refractivity contribution is 5.73. The van der Waals surface area contributed by atoms with E-state index >= 15 is 0 Å². The smallest absolute Gasteiger partial charge is 0.310 e. The summed E-state index contributed by atoms with van der Waals surface area (Å²) in [7, 11) is 1.40. The molecule has 1 saturated heterocycles. The van der Waals surface area contributed by atoms with Crippen LogP contribution in [0.4, 0.5) is 0 Å². The first kappa shape index (κ1) is 9.08. The van der Waals surface area contributed by atoms with E-state index < -0.39 is 0 Å². The number of hydrogen-bond acceptors (Lipinski definition) is 3. The number of esters is 1. The molecule has 1 fully saturated rings. The number of hydrogen-bond donors (Lipinski definition) is 1. The Bertz CT molecular complexity index is 203. The normalized spacial score (nSPS) is 19.0. The van der Waals surface area contributed by atoms with Gasteiger partial charge in [0.05, 0.1) is 13.0 Å². The Kier molecular flexibility index (Phi) is 3.12. The van der Waals surface area contributed by atoms with E-state index in [0.29, 0.717) is 12.3 Å². The third kappa shape index (κ3) is 1.77. The van der Waals surface area contributed by atoms with E-state index in [-0.39, 0.29) is 11.9 Å². The quantitative estimate of drug-likeness (QED) is 0.475. The Balaban J connectivity index is 2.48. The minimum Gasteiger partial charge on any atom is -0.469 e. The molecule has 0 amide bonds. The monoisotopic (exact) mass is 167 g/mol. The van der Waals surface area contributed by atoms with Gasteiger partial charge in [-0.25, -0.2) is 0 Å². The van der Waals surface area contributed by atoms with Gasteiger partial charge in [-0.2, -0.15) is 0 Å². The van der Waals surface area contributed by atoms with Crippen LogP contribution < -0.4 is 5.32 Å². The van der Waals surface area contributed by atoms with Crippen molar-refractivity contribution in [3.05, 3.63) is 0 Å². The fourth-order valence-corrected chi connectivity index (χ4v) is 1.32. The van der Waals surface area contributed by atoms with Gasteiger partial charge in [0.1, 0.15) is 0 Å². The van der Waals surface area contributed by atoms with E-state index in [9.17, 15) is 4.79 Å². The van der Waals surface area contributed by atoms with Crippen LogP contribution in [-0.4, -0.2) is 26.2 Å². The van der Waals surface area contributed by atoms with Gasteiger partial charge in [0, 0.05) is 19.5 Å². The number of terminal acetylenes is 1. The molecule has 66 valence electrons. The van der Waals surface area contributed by atoms with E-state index in [1.807, 2.05) is 0 Å². The Morgan fingerprint density at radius 1 is 1.83 bits per heavy atom. The van der Waals surface area contributed by atoms with Crippen molar-refractivity contribution in [1.82, 2.24) is 5.32 Å². The number of carbonyl (C=O) groups is 1. The van der Waals surface area contributed by atoms with Gasteiger partial charge in [-0.15, -0.1) is 12.3 Å². The van der Waals surface area contributed by atoms with Crippen molar-refractivity contribution in [3.8, 4) is 12.3 Å². The number of carbonyl (C=O) groups excluding carboxylic acids is 1. The summed E-state index contributed by atoms with van der Waals surface area (Å²) in [5.41, 5.74) is 0. The molecule has 1 aliphatic rings. The van der Waals surface area contributed by atoms with E-state index in [4.69, 9.17) is 6.42 Å². The molecule has 0 radical (unpaired) electrons. The van der Waals surface area contributed by atoms with Gasteiger partial charge < -0.3 is 10.1 Å². The second kappa shape index (κ2) is 4.13. The van der Waals surface area contributed by atoms with Gasteiger partial charge >= 0.3 is 5.97 Å². The molecular formula is C9H13NO2. The van der Waals surface area contributed by atoms with Gasteiger partial charge in [-0.1, -0.05) is 0 Å². The molecule has 1 rings (SSSR count). The molecule has 0 aromatic rings. The summed E-state index contributed by atoms with van der Waals surface area (Å²) in [6.07, 6.45) is 5.65. The van der Waals surface area contributed by atoms with Gasteiger partial charge in [0.2, 0.25) is 0 Å². The standard InChI is InChI=1S/C9H13NO2/c1-3-4-8(9(11)12-2)7-5-10-6-7/h1,7-8,10H,4-6H2,2H3. The van der Waals surface area contributed by atoms with Crippen LogP contribution in [0.5, 0.6) is 0 Å². The molecule has 0 aliphatic carbocycles. The SMILES string of the molecule is C#CCC(C(=O)OC)C1CNC1. The number of methoxy groups -OCH3 is 1. The van der Waals surface area contributed by atoms with Crippen LogP contribution in [0.1, 0.15) is 6.42 Å². The number of nitrogens with one attached hydrogen (secondary N) is 1. The molecule has 0 spiro atoms. The summed E-state index contributed by atoms with van der Waals surface area (Å²) in [6.45, 7) is 1.75. The fourth-order valence-electron chi connectivity index (χ4n) is 1.32. The fraction of sp³-hybridized carbons (Fsp3) is 0.667. The van der Waals surface area contributed by atoms with E-state index in [1.54, 1.807) is 0 Å². The second-order valence-corrected chi connectivity index (χ2v) is 2.96. The minimum atomic E-state index is -0.181. The first-order valence-electron chi connectivity index (χ1n) is 4.01. The van der Waals surface area contributed by atoms with Crippen LogP contribution in [0.15, 0.2) is 0 Å². The van der Waals surface area contributed by atoms with Crippen LogP contribution in [0.2, 0.25) is 0 Å². The highest BCUT2D eigenvalue weighted by atomic mass is 16.5. The van der Waals surface area contributed by atoms with Gasteiger partial charge in [-0.05, 0) is 5.92 Å². The van der Waals surface area contributed by atoms with Crippen LogP contribution in [0, 0.1) is 24.2 Å². The van der Waals surface area contributed by atoms with E-state index in [0.717, 1.165) is 13.1 Å². The number of ether oxygens (including phenoxy) is 1. The van der Waals surface area contributed by atoms with Crippen molar-refractivity contribution in [2.45, 2.75) is 6.42 Å². The lowest BCUT2D eigenvalue weighted by molar-refractivity contribution is -0.147. The first-order chi connectivity index (χ1) is 5.79. The third-order valence-electron chi connectivity index (χ3n) is 2.22. The molecule has 3 heteroatoms. The maximum atomic E-state index is 11.2. The lowest BCUT2D eigenvalue weighted by atomic mass is 9.85. The summed E-state index contributed by atoms with van der Waals surface area (Å²) >= 11 is 0. The first-order valence-corrected chi connectivity index (χ1v) is 4.01. The van der Waals surface area contributed by atoms with Gasteiger partial charge in [-0.3, -0.25) is 4.79 Å². The summed E-state index contributed by atoms with van der Waals surface area (Å²) < 4.78 is 4.66. The zero-order chi connectivity index (χ0) is 8.97. The van der Waals surface area contributed by atoms with Gasteiger partial charge in [0.15, 0.2) is 0 Å². The van der Waals surface area contributed by atoms with E-state index in [1.165, 1.54) is 7.11 Å². The van der Waals surface area contributed by atoms with Gasteiger partial charge in [0.25, 0.3) is 0 Å². The molecule has 1 N–H and O–H groups in total. The summed E-state index contributed by atoms with van der Waals surface area (Å²) in [4.78, 5) is 11.2. The highest BCUT2D eigenvalue weighted by Gasteiger charge is 2.32. The summed E-state index contributed by atoms with van der Waals surface area (Å²) in [5.74, 6) is 2.58. The zero-order valence-electron chi connectivity index (χ0n) is 7.17. The average molecular weight is 167 g/mol. The molecule has 3 nitrogen and oxygen atoms in total. The average Bonchev–Trinajstić information content (AvgIpc) is 1.99. The van der Waals surface area contributed by atoms with Crippen molar-refractivity contribution >= 4 is 5.97 Å². The molecular weight excluding hydrogens is 154 g/mol. The lowest BCUT2D eigenvalue weighted by Gasteiger charge is -2.32. The molecule has 0 aromatic carbocycles. The predicted molar refractivity (Wildman–Crippen MR) is 45.3 cm³/mol. The molecule has 0 saturated carbocycles. The molecule has 0 aromatic heterocycles. The van der Waals surface area contributed by atoms with Crippen LogP contribution in [-0.2, 0) is 9.53 Å². The van der Waals surface area contributed by atoms with E-state index in [2.05, 4.69) is 16.0 Å². The lowest BCUT2D eigenvalue weighted by Crippen LogP contribution is -2.48. The minimum absolute atomic E-state index is 0.110. The topological polar surface area (TPSA) is 38.3 Å². The highest BCUT2D eigenvalue weighted by Crippen LogP contribution is 2.20. The molecule has 1 atom stereocenters. The molecule has 1 aliphatic heterocycles. The Morgan fingerprint density at radius 2 is 2.50 bits per heavy atom. The van der Waals surface area contributed by atoms with Crippen molar-refractivity contribution in [2.24, 2.45) is 11.8 Å². The van der Waals surface area contributed by atoms with Crippen molar-refractivity contribution in [1.29, 1.82) is 0 Å². The molecule has 1 unspecified atom stereocenters. The Morgan fingerprint density at radius 3 is 2.83 bits per heavy atom. The van der Waals surface area contributed by atoms with Crippen LogP contribution >= 0.6 is 0 Å². The maximum absolute atomic E-state index is 11.2. The summed E-state index contributed by atoms with van der Waals surface area (Å²) in [5, 5.41) is 3.10. The Labute approximate surface area is 72.5 Å². The second-order valence-electron chi connectivity index (χ2n) is 2.96. The zero-order valence-corrected chi connectivity index (χ0v) is 7.17. The van der Waals surface area contributed by atoms with Crippen molar-refractivity contribution in [3.63, 3.8) is 0 Å². The van der Waals surface area contributed by atoms with Crippen LogP contribution in [0.3, 0.4) is 0 Å². The third-order valence-corrected chi connectivity index (χ3v) is 2.22. The van der Waals surface area contributed by atoms with Crippen LogP contribution in [0.25, 0.3) is 0 Å². The maximum Gasteiger partial charge on any atom is 0.310 e. The van der Waals surface area contributed by atoms with Crippen molar-refractivity contribution in [2.75, 3.05) is 20.2 Å². The summed E-state index contributed by atoms with van der Waals surface area (Å²) in [6, 6.07) is 0.